The van der Waals surface area contributed by atoms with Crippen LogP contribution in [0.1, 0.15) is 23.7 Å². The van der Waals surface area contributed by atoms with Gasteiger partial charge in [-0.25, -0.2) is 8.42 Å². The van der Waals surface area contributed by atoms with Crippen LogP contribution in [-0.4, -0.2) is 79.9 Å². The number of amides is 2. The third-order valence-electron chi connectivity index (χ3n) is 5.29. The van der Waals surface area contributed by atoms with E-state index in [2.05, 4.69) is 0 Å². The lowest BCUT2D eigenvalue weighted by atomic mass is 9.86. The second-order valence-electron chi connectivity index (χ2n) is 7.41. The van der Waals surface area contributed by atoms with Crippen molar-refractivity contribution in [3.63, 3.8) is 0 Å². The van der Waals surface area contributed by atoms with Crippen molar-refractivity contribution in [2.75, 3.05) is 45.5 Å². The number of carbonyl (C=O) groups is 2. The van der Waals surface area contributed by atoms with Crippen LogP contribution in [0.3, 0.4) is 0 Å². The van der Waals surface area contributed by atoms with Gasteiger partial charge in [0.05, 0.1) is 6.26 Å². The summed E-state index contributed by atoms with van der Waals surface area (Å²) in [4.78, 5) is 28.8. The molecule has 3 rings (SSSR count). The third kappa shape index (κ3) is 4.28. The first kappa shape index (κ1) is 20.1. The zero-order valence-corrected chi connectivity index (χ0v) is 17.1. The second-order valence-corrected chi connectivity index (χ2v) is 9.83. The smallest absolute Gasteiger partial charge is 0.253 e. The Morgan fingerprint density at radius 1 is 1.15 bits per heavy atom. The van der Waals surface area contributed by atoms with E-state index in [0.717, 1.165) is 0 Å². The van der Waals surface area contributed by atoms with Crippen LogP contribution in [0, 0.1) is 5.41 Å². The molecule has 0 radical (unpaired) electrons. The van der Waals surface area contributed by atoms with Crippen molar-refractivity contribution in [3.05, 3.63) is 34.9 Å². The van der Waals surface area contributed by atoms with Gasteiger partial charge in [-0.1, -0.05) is 11.6 Å². The van der Waals surface area contributed by atoms with Gasteiger partial charge in [0.25, 0.3) is 5.91 Å². The SMILES string of the molecule is CCN1C[C@]2(CC1=O)CN(C(=O)c1ccc(Cl)cc1)CCN(S(C)(=O)=O)C2. The molecule has 0 saturated carbocycles. The molecule has 1 atom stereocenters. The molecule has 1 aromatic rings. The molecule has 0 bridgehead atoms. The summed E-state index contributed by atoms with van der Waals surface area (Å²) in [5.74, 6) is -0.171. The summed E-state index contributed by atoms with van der Waals surface area (Å²) in [5, 5.41) is 0.544. The lowest BCUT2D eigenvalue weighted by Gasteiger charge is -2.33. The van der Waals surface area contributed by atoms with Crippen molar-refractivity contribution in [1.82, 2.24) is 14.1 Å². The van der Waals surface area contributed by atoms with E-state index < -0.39 is 15.4 Å². The molecule has 2 fully saturated rings. The maximum atomic E-state index is 13.0. The van der Waals surface area contributed by atoms with Crippen LogP contribution in [0.2, 0.25) is 5.02 Å². The fraction of sp³-hybridized carbons (Fsp3) is 0.556. The molecule has 1 aromatic carbocycles. The minimum Gasteiger partial charge on any atom is -0.342 e. The molecular weight excluding hydrogens is 390 g/mol. The Balaban J connectivity index is 1.91. The summed E-state index contributed by atoms with van der Waals surface area (Å²) in [6.07, 6.45) is 1.42. The molecule has 1 spiro atoms. The highest BCUT2D eigenvalue weighted by atomic mass is 35.5. The van der Waals surface area contributed by atoms with E-state index in [0.29, 0.717) is 30.2 Å². The zero-order valence-electron chi connectivity index (χ0n) is 15.5. The predicted molar refractivity (Wildman–Crippen MR) is 103 cm³/mol. The van der Waals surface area contributed by atoms with Crippen LogP contribution < -0.4 is 0 Å². The highest BCUT2D eigenvalue weighted by Gasteiger charge is 2.48. The average molecular weight is 414 g/mol. The predicted octanol–water partition coefficient (Wildman–Crippen LogP) is 1.30. The van der Waals surface area contributed by atoms with Gasteiger partial charge in [0, 0.05) is 61.7 Å². The summed E-state index contributed by atoms with van der Waals surface area (Å²) in [6.45, 7) is 4.04. The van der Waals surface area contributed by atoms with Crippen LogP contribution in [0.25, 0.3) is 0 Å². The number of halogens is 1. The molecule has 2 amide bonds. The molecule has 7 nitrogen and oxygen atoms in total. The Morgan fingerprint density at radius 2 is 1.81 bits per heavy atom. The van der Waals surface area contributed by atoms with E-state index in [4.69, 9.17) is 11.6 Å². The van der Waals surface area contributed by atoms with Gasteiger partial charge in [-0.3, -0.25) is 9.59 Å². The molecule has 2 aliphatic rings. The largest absolute Gasteiger partial charge is 0.342 e. The van der Waals surface area contributed by atoms with Crippen molar-refractivity contribution in [2.24, 2.45) is 5.41 Å². The highest BCUT2D eigenvalue weighted by Crippen LogP contribution is 2.36. The fourth-order valence-electron chi connectivity index (χ4n) is 3.93. The van der Waals surface area contributed by atoms with E-state index in [-0.39, 0.29) is 37.9 Å². The first-order chi connectivity index (χ1) is 12.6. The Labute approximate surface area is 164 Å². The van der Waals surface area contributed by atoms with Crippen LogP contribution in [0.5, 0.6) is 0 Å². The van der Waals surface area contributed by atoms with Gasteiger partial charge in [0.15, 0.2) is 0 Å². The molecule has 2 saturated heterocycles. The normalized spacial score (nSPS) is 24.5. The number of rotatable bonds is 3. The van der Waals surface area contributed by atoms with E-state index in [1.54, 1.807) is 34.1 Å². The number of sulfonamides is 1. The summed E-state index contributed by atoms with van der Waals surface area (Å²) in [7, 11) is -3.43. The third-order valence-corrected chi connectivity index (χ3v) is 6.79. The minimum atomic E-state index is -3.43. The molecule has 2 aliphatic heterocycles. The van der Waals surface area contributed by atoms with Crippen molar-refractivity contribution >= 4 is 33.4 Å². The quantitative estimate of drug-likeness (QED) is 0.748. The minimum absolute atomic E-state index is 0.00624. The summed E-state index contributed by atoms with van der Waals surface area (Å²) in [5.41, 5.74) is -0.0894. The molecule has 9 heteroatoms. The van der Waals surface area contributed by atoms with E-state index in [1.165, 1.54) is 10.6 Å². The van der Waals surface area contributed by atoms with Gasteiger partial charge in [0.2, 0.25) is 15.9 Å². The number of benzene rings is 1. The van der Waals surface area contributed by atoms with E-state index in [9.17, 15) is 18.0 Å². The Hall–Kier alpha value is -1.64. The first-order valence-corrected chi connectivity index (χ1v) is 11.1. The molecular formula is C18H24ClN3O4S. The lowest BCUT2D eigenvalue weighted by Crippen LogP contribution is -2.45. The topological polar surface area (TPSA) is 78.0 Å². The van der Waals surface area contributed by atoms with E-state index in [1.807, 2.05) is 6.92 Å². The monoisotopic (exact) mass is 413 g/mol. The van der Waals surface area contributed by atoms with Crippen molar-refractivity contribution < 1.29 is 18.0 Å². The number of hydrogen-bond donors (Lipinski definition) is 0. The Morgan fingerprint density at radius 3 is 2.37 bits per heavy atom. The number of carbonyl (C=O) groups excluding carboxylic acids is 2. The van der Waals surface area contributed by atoms with Crippen LogP contribution in [0.15, 0.2) is 24.3 Å². The number of likely N-dealkylation sites (tertiary alicyclic amines) is 1. The van der Waals surface area contributed by atoms with Crippen molar-refractivity contribution in [3.8, 4) is 0 Å². The highest BCUT2D eigenvalue weighted by molar-refractivity contribution is 7.88. The van der Waals surface area contributed by atoms with E-state index >= 15 is 0 Å². The van der Waals surface area contributed by atoms with Gasteiger partial charge < -0.3 is 9.80 Å². The zero-order chi connectivity index (χ0) is 19.8. The molecule has 0 aromatic heterocycles. The molecule has 0 N–H and O–H groups in total. The molecule has 27 heavy (non-hydrogen) atoms. The van der Waals surface area contributed by atoms with Crippen molar-refractivity contribution in [1.29, 1.82) is 0 Å². The van der Waals surface area contributed by atoms with Crippen molar-refractivity contribution in [2.45, 2.75) is 13.3 Å². The summed E-state index contributed by atoms with van der Waals surface area (Å²) >= 11 is 5.90. The number of nitrogens with zero attached hydrogens (tertiary/aromatic N) is 3. The standard InChI is InChI=1S/C18H24ClN3O4S/c1-3-20-11-18(10-16(20)23)12-21(8-9-22(13-18)27(2,25)26)17(24)14-4-6-15(19)7-5-14/h4-7H,3,8-13H2,1-2H3/t18-/m1/s1. The van der Waals surface area contributed by atoms with Crippen LogP contribution in [-0.2, 0) is 14.8 Å². The van der Waals surface area contributed by atoms with Crippen LogP contribution in [0.4, 0.5) is 0 Å². The van der Waals surface area contributed by atoms with Gasteiger partial charge in [0.1, 0.15) is 0 Å². The summed E-state index contributed by atoms with van der Waals surface area (Å²) in [6, 6.07) is 6.63. The molecule has 0 unspecified atom stereocenters. The Kier molecular flexibility index (Phi) is 5.52. The molecule has 2 heterocycles. The Bertz CT molecular complexity index is 843. The average Bonchev–Trinajstić information content (AvgIpc) is 2.79. The summed E-state index contributed by atoms with van der Waals surface area (Å²) < 4.78 is 25.8. The number of hydrogen-bond acceptors (Lipinski definition) is 4. The lowest BCUT2D eigenvalue weighted by molar-refractivity contribution is -0.127. The van der Waals surface area contributed by atoms with Crippen LogP contribution >= 0.6 is 11.6 Å². The van der Waals surface area contributed by atoms with Gasteiger partial charge >= 0.3 is 0 Å². The van der Waals surface area contributed by atoms with Gasteiger partial charge in [-0.05, 0) is 31.2 Å². The maximum Gasteiger partial charge on any atom is 0.253 e. The second kappa shape index (κ2) is 7.41. The maximum absolute atomic E-state index is 13.0. The first-order valence-electron chi connectivity index (χ1n) is 8.91. The fourth-order valence-corrected chi connectivity index (χ4v) is 4.98. The van der Waals surface area contributed by atoms with Gasteiger partial charge in [-0.15, -0.1) is 0 Å². The molecule has 148 valence electrons. The van der Waals surface area contributed by atoms with Gasteiger partial charge in [-0.2, -0.15) is 4.31 Å². The molecule has 0 aliphatic carbocycles.